The minimum Gasteiger partial charge on any atom is -0.325 e. The van der Waals surface area contributed by atoms with Crippen LogP contribution < -0.4 is 10.6 Å². The van der Waals surface area contributed by atoms with Crippen LogP contribution in [0.2, 0.25) is 0 Å². The van der Waals surface area contributed by atoms with Gasteiger partial charge in [-0.15, -0.1) is 0 Å². The zero-order valence-corrected chi connectivity index (χ0v) is 14.4. The average molecular weight is 358 g/mol. The van der Waals surface area contributed by atoms with Gasteiger partial charge in [0.05, 0.1) is 12.2 Å². The van der Waals surface area contributed by atoms with Gasteiger partial charge < -0.3 is 10.6 Å². The van der Waals surface area contributed by atoms with E-state index in [0.29, 0.717) is 0 Å². The van der Waals surface area contributed by atoms with Gasteiger partial charge in [0.15, 0.2) is 0 Å². The highest BCUT2D eigenvalue weighted by Crippen LogP contribution is 2.19. The second kappa shape index (κ2) is 7.99. The number of carbonyl (C=O) groups excluding carboxylic acids is 2. The molecule has 0 spiro atoms. The molecular weight excluding hydrogens is 339 g/mol. The molecule has 0 aliphatic rings. The van der Waals surface area contributed by atoms with Crippen molar-refractivity contribution in [2.45, 2.75) is 0 Å². The maximum atomic E-state index is 13.6. The first kappa shape index (κ1) is 19.7. The quantitative estimate of drug-likeness (QED) is 0.698. The molecule has 1 aromatic rings. The summed E-state index contributed by atoms with van der Waals surface area (Å²) in [6.07, 6.45) is 0.978. The lowest BCUT2D eigenvalue weighted by Crippen LogP contribution is -2.41. The number of halogens is 1. The molecule has 2 N–H and O–H groups in total. The van der Waals surface area contributed by atoms with Gasteiger partial charge in [-0.3, -0.25) is 9.59 Å². The van der Waals surface area contributed by atoms with Gasteiger partial charge in [0.1, 0.15) is 5.82 Å². The SMILES string of the molecule is C=CC(=O)Nc1cc(NC(=O)CN(C)S(=O)(=O)N(C)C)ccc1F. The van der Waals surface area contributed by atoms with Crippen LogP contribution in [0.25, 0.3) is 0 Å². The summed E-state index contributed by atoms with van der Waals surface area (Å²) in [4.78, 5) is 23.2. The molecule has 0 unspecified atom stereocenters. The predicted molar refractivity (Wildman–Crippen MR) is 89.1 cm³/mol. The summed E-state index contributed by atoms with van der Waals surface area (Å²) in [5.41, 5.74) is 0.0726. The molecule has 0 atom stereocenters. The van der Waals surface area contributed by atoms with E-state index >= 15 is 0 Å². The number of nitrogens with one attached hydrogen (secondary N) is 2. The van der Waals surface area contributed by atoms with Crippen molar-refractivity contribution in [1.29, 1.82) is 0 Å². The third-order valence-corrected chi connectivity index (χ3v) is 4.75. The zero-order chi connectivity index (χ0) is 18.5. The van der Waals surface area contributed by atoms with Crippen LogP contribution in [0.5, 0.6) is 0 Å². The summed E-state index contributed by atoms with van der Waals surface area (Å²) >= 11 is 0. The van der Waals surface area contributed by atoms with Crippen molar-refractivity contribution in [2.24, 2.45) is 0 Å². The number of amides is 2. The van der Waals surface area contributed by atoms with Crippen LogP contribution >= 0.6 is 0 Å². The standard InChI is InChI=1S/C14H19FN4O4S/c1-5-13(20)17-12-8-10(6-7-11(12)15)16-14(21)9-19(4)24(22,23)18(2)3/h5-8H,1,9H2,2-4H3,(H,16,21)(H,17,20). The number of nitrogens with zero attached hydrogens (tertiary/aromatic N) is 2. The van der Waals surface area contributed by atoms with Gasteiger partial charge in [-0.2, -0.15) is 17.0 Å². The van der Waals surface area contributed by atoms with Crippen molar-refractivity contribution >= 4 is 33.4 Å². The van der Waals surface area contributed by atoms with E-state index in [9.17, 15) is 22.4 Å². The van der Waals surface area contributed by atoms with Crippen LogP contribution in [0.3, 0.4) is 0 Å². The van der Waals surface area contributed by atoms with Crippen LogP contribution in [-0.4, -0.2) is 56.5 Å². The Morgan fingerprint density at radius 2 is 1.88 bits per heavy atom. The number of carbonyl (C=O) groups is 2. The van der Waals surface area contributed by atoms with Gasteiger partial charge in [-0.25, -0.2) is 4.39 Å². The van der Waals surface area contributed by atoms with Crippen molar-refractivity contribution in [3.63, 3.8) is 0 Å². The molecule has 1 aromatic carbocycles. The van der Waals surface area contributed by atoms with E-state index in [4.69, 9.17) is 0 Å². The maximum absolute atomic E-state index is 13.6. The molecule has 10 heteroatoms. The highest BCUT2D eigenvalue weighted by Gasteiger charge is 2.22. The lowest BCUT2D eigenvalue weighted by Gasteiger charge is -2.20. The molecule has 132 valence electrons. The van der Waals surface area contributed by atoms with Crippen LogP contribution in [0, 0.1) is 5.82 Å². The van der Waals surface area contributed by atoms with E-state index < -0.39 is 34.4 Å². The van der Waals surface area contributed by atoms with E-state index in [0.717, 1.165) is 20.8 Å². The largest absolute Gasteiger partial charge is 0.325 e. The summed E-state index contributed by atoms with van der Waals surface area (Å²) in [7, 11) is 0.230. The Labute approximate surface area is 140 Å². The Morgan fingerprint density at radius 3 is 2.42 bits per heavy atom. The van der Waals surface area contributed by atoms with Crippen LogP contribution in [-0.2, 0) is 19.8 Å². The summed E-state index contributed by atoms with van der Waals surface area (Å²) in [5, 5.41) is 4.69. The molecule has 0 saturated heterocycles. The highest BCUT2D eigenvalue weighted by atomic mass is 32.2. The molecular formula is C14H19FN4O4S. The molecule has 24 heavy (non-hydrogen) atoms. The molecule has 0 aliphatic heterocycles. The van der Waals surface area contributed by atoms with E-state index in [1.807, 2.05) is 0 Å². The van der Waals surface area contributed by atoms with Crippen LogP contribution in [0.1, 0.15) is 0 Å². The lowest BCUT2D eigenvalue weighted by molar-refractivity contribution is -0.116. The number of hydrogen-bond acceptors (Lipinski definition) is 4. The summed E-state index contributed by atoms with van der Waals surface area (Å²) in [6.45, 7) is 2.83. The first-order valence-corrected chi connectivity index (χ1v) is 8.14. The number of likely N-dealkylation sites (N-methyl/N-ethyl adjacent to an activating group) is 1. The molecule has 0 aliphatic carbocycles. The molecule has 2 amide bonds. The van der Waals surface area contributed by atoms with Gasteiger partial charge in [0.25, 0.3) is 10.2 Å². The maximum Gasteiger partial charge on any atom is 0.281 e. The Bertz CT molecular complexity index is 749. The number of rotatable bonds is 7. The monoisotopic (exact) mass is 358 g/mol. The topological polar surface area (TPSA) is 98.8 Å². The number of benzene rings is 1. The smallest absolute Gasteiger partial charge is 0.281 e. The molecule has 0 saturated carbocycles. The van der Waals surface area contributed by atoms with Gasteiger partial charge >= 0.3 is 0 Å². The summed E-state index contributed by atoms with van der Waals surface area (Å²) in [5.74, 6) is -1.90. The van der Waals surface area contributed by atoms with Gasteiger partial charge in [-0.1, -0.05) is 6.58 Å². The Morgan fingerprint density at radius 1 is 1.25 bits per heavy atom. The number of anilines is 2. The normalized spacial score (nSPS) is 11.4. The van der Waals surface area contributed by atoms with Crippen LogP contribution in [0.15, 0.2) is 30.9 Å². The minimum atomic E-state index is -3.72. The zero-order valence-electron chi connectivity index (χ0n) is 13.5. The number of hydrogen-bond donors (Lipinski definition) is 2. The second-order valence-electron chi connectivity index (χ2n) is 4.98. The van der Waals surface area contributed by atoms with Gasteiger partial charge in [-0.05, 0) is 24.3 Å². The highest BCUT2D eigenvalue weighted by molar-refractivity contribution is 7.86. The second-order valence-corrected chi connectivity index (χ2v) is 7.23. The Kier molecular flexibility index (Phi) is 6.58. The first-order valence-electron chi connectivity index (χ1n) is 6.74. The van der Waals surface area contributed by atoms with Crippen molar-refractivity contribution in [1.82, 2.24) is 8.61 Å². The van der Waals surface area contributed by atoms with Crippen molar-refractivity contribution < 1.29 is 22.4 Å². The average Bonchev–Trinajstić information content (AvgIpc) is 2.49. The fourth-order valence-corrected chi connectivity index (χ4v) is 2.48. The van der Waals surface area contributed by atoms with E-state index in [-0.39, 0.29) is 11.4 Å². The van der Waals surface area contributed by atoms with E-state index in [1.54, 1.807) is 0 Å². The molecule has 1 rings (SSSR count). The van der Waals surface area contributed by atoms with E-state index in [2.05, 4.69) is 17.2 Å². The molecule has 0 bridgehead atoms. The Hall–Kier alpha value is -2.30. The molecule has 0 radical (unpaired) electrons. The van der Waals surface area contributed by atoms with Gasteiger partial charge in [0, 0.05) is 26.8 Å². The van der Waals surface area contributed by atoms with Crippen LogP contribution in [0.4, 0.5) is 15.8 Å². The predicted octanol–water partition coefficient (Wildman–Crippen LogP) is 0.627. The van der Waals surface area contributed by atoms with Crippen molar-refractivity contribution in [3.8, 4) is 0 Å². The molecule has 0 heterocycles. The summed E-state index contributed by atoms with van der Waals surface area (Å²) in [6, 6.07) is 3.57. The first-order chi connectivity index (χ1) is 11.1. The summed E-state index contributed by atoms with van der Waals surface area (Å²) < 4.78 is 39.1. The third-order valence-electron chi connectivity index (χ3n) is 2.91. The fraction of sp³-hybridized carbons (Fsp3) is 0.286. The third kappa shape index (κ3) is 5.11. The van der Waals surface area contributed by atoms with Crippen molar-refractivity contribution in [3.05, 3.63) is 36.7 Å². The van der Waals surface area contributed by atoms with Gasteiger partial charge in [0.2, 0.25) is 11.8 Å². The van der Waals surface area contributed by atoms with E-state index in [1.165, 1.54) is 33.3 Å². The fourth-order valence-electron chi connectivity index (χ4n) is 1.65. The lowest BCUT2D eigenvalue weighted by atomic mass is 10.2. The molecule has 0 aromatic heterocycles. The minimum absolute atomic E-state index is 0.132. The molecule has 8 nitrogen and oxygen atoms in total. The Balaban J connectivity index is 2.82. The molecule has 0 fully saturated rings. The van der Waals surface area contributed by atoms with Crippen molar-refractivity contribution in [2.75, 3.05) is 38.3 Å².